The Labute approximate surface area is 137 Å². The van der Waals surface area contributed by atoms with E-state index in [9.17, 15) is 19.2 Å². The first-order valence-corrected chi connectivity index (χ1v) is 6.87. The summed E-state index contributed by atoms with van der Waals surface area (Å²) in [6.45, 7) is 1.17. The third kappa shape index (κ3) is 6.73. The smallest absolute Gasteiger partial charge is 0.349 e. The number of benzene rings is 1. The maximum Gasteiger partial charge on any atom is 0.349 e. The van der Waals surface area contributed by atoms with Crippen molar-refractivity contribution >= 4 is 23.9 Å². The first-order chi connectivity index (χ1) is 11.5. The second-order valence-corrected chi connectivity index (χ2v) is 4.18. The summed E-state index contributed by atoms with van der Waals surface area (Å²) in [5.74, 6) is -2.75. The Morgan fingerprint density at radius 1 is 0.958 bits per heavy atom. The number of carbonyl (C=O) groups excluding carboxylic acids is 4. The molecule has 128 valence electrons. The molecule has 0 N–H and O–H groups in total. The van der Waals surface area contributed by atoms with E-state index in [4.69, 9.17) is 4.74 Å². The molecule has 1 aromatic rings. The Hall–Kier alpha value is -3.16. The van der Waals surface area contributed by atoms with Crippen molar-refractivity contribution in [3.8, 4) is 5.75 Å². The molecule has 0 saturated carbocycles. The van der Waals surface area contributed by atoms with Crippen LogP contribution in [-0.2, 0) is 28.6 Å². The summed E-state index contributed by atoms with van der Waals surface area (Å²) in [4.78, 5) is 45.0. The Kier molecular flexibility index (Phi) is 7.69. The van der Waals surface area contributed by atoms with E-state index in [2.05, 4.69) is 14.2 Å². The van der Waals surface area contributed by atoms with E-state index in [1.807, 2.05) is 0 Å². The Balaban J connectivity index is 2.42. The third-order valence-electron chi connectivity index (χ3n) is 2.48. The third-order valence-corrected chi connectivity index (χ3v) is 2.48. The molecule has 1 rings (SSSR count). The van der Waals surface area contributed by atoms with Gasteiger partial charge in [-0.3, -0.25) is 0 Å². The Morgan fingerprint density at radius 3 is 2.08 bits per heavy atom. The summed E-state index contributed by atoms with van der Waals surface area (Å²) in [5.41, 5.74) is 0.299. The van der Waals surface area contributed by atoms with Crippen LogP contribution in [0, 0.1) is 0 Å². The number of rotatable bonds is 7. The number of methoxy groups -OCH3 is 1. The highest BCUT2D eigenvalue weighted by Gasteiger charge is 2.10. The number of esters is 4. The standard InChI is InChI=1S/C16H16O8/c1-3-22-13(17)8-9-14(18)23-10-15(19)24-12-6-4-11(5-7-12)16(20)21-2/h4-9H,3,10H2,1-2H3. The lowest BCUT2D eigenvalue weighted by Crippen LogP contribution is -2.18. The van der Waals surface area contributed by atoms with Gasteiger partial charge < -0.3 is 18.9 Å². The second-order valence-electron chi connectivity index (χ2n) is 4.18. The molecule has 0 spiro atoms. The fraction of sp³-hybridized carbons (Fsp3) is 0.250. The molecule has 0 heterocycles. The van der Waals surface area contributed by atoms with Gasteiger partial charge in [0.25, 0.3) is 0 Å². The molecule has 0 amide bonds. The molecule has 8 heteroatoms. The summed E-state index contributed by atoms with van der Waals surface area (Å²) < 4.78 is 18.6. The molecule has 0 aliphatic heterocycles. The minimum Gasteiger partial charge on any atom is -0.465 e. The lowest BCUT2D eigenvalue weighted by Gasteiger charge is -2.05. The van der Waals surface area contributed by atoms with Crippen molar-refractivity contribution in [3.05, 3.63) is 42.0 Å². The fourth-order valence-corrected chi connectivity index (χ4v) is 1.44. The normalized spacial score (nSPS) is 10.1. The van der Waals surface area contributed by atoms with Gasteiger partial charge in [0.05, 0.1) is 19.3 Å². The zero-order valence-electron chi connectivity index (χ0n) is 13.1. The average Bonchev–Trinajstić information content (AvgIpc) is 2.58. The molecular weight excluding hydrogens is 320 g/mol. The monoisotopic (exact) mass is 336 g/mol. The van der Waals surface area contributed by atoms with Crippen LogP contribution in [0.5, 0.6) is 5.75 Å². The van der Waals surface area contributed by atoms with Crippen LogP contribution in [0.25, 0.3) is 0 Å². The van der Waals surface area contributed by atoms with E-state index in [1.54, 1.807) is 6.92 Å². The molecule has 8 nitrogen and oxygen atoms in total. The van der Waals surface area contributed by atoms with E-state index in [-0.39, 0.29) is 12.4 Å². The number of carbonyl (C=O) groups is 4. The molecule has 1 aromatic carbocycles. The zero-order chi connectivity index (χ0) is 17.9. The van der Waals surface area contributed by atoms with Crippen LogP contribution in [0.1, 0.15) is 17.3 Å². The molecule has 0 saturated heterocycles. The maximum absolute atomic E-state index is 11.5. The zero-order valence-corrected chi connectivity index (χ0v) is 13.1. The van der Waals surface area contributed by atoms with E-state index in [1.165, 1.54) is 31.4 Å². The highest BCUT2D eigenvalue weighted by atomic mass is 16.6. The first-order valence-electron chi connectivity index (χ1n) is 6.87. The number of hydrogen-bond donors (Lipinski definition) is 0. The van der Waals surface area contributed by atoms with Gasteiger partial charge in [-0.25, -0.2) is 19.2 Å². The highest BCUT2D eigenvalue weighted by molar-refractivity contribution is 5.92. The van der Waals surface area contributed by atoms with Crippen molar-refractivity contribution in [1.82, 2.24) is 0 Å². The largest absolute Gasteiger partial charge is 0.465 e. The van der Waals surface area contributed by atoms with Crippen molar-refractivity contribution in [3.63, 3.8) is 0 Å². The van der Waals surface area contributed by atoms with Crippen molar-refractivity contribution in [2.75, 3.05) is 20.3 Å². The summed E-state index contributed by atoms with van der Waals surface area (Å²) >= 11 is 0. The lowest BCUT2D eigenvalue weighted by atomic mass is 10.2. The lowest BCUT2D eigenvalue weighted by molar-refractivity contribution is -0.150. The minimum absolute atomic E-state index is 0.172. The Bertz CT molecular complexity index is 630. The van der Waals surface area contributed by atoms with Crippen molar-refractivity contribution < 1.29 is 38.1 Å². The van der Waals surface area contributed by atoms with Gasteiger partial charge in [0.15, 0.2) is 6.61 Å². The van der Waals surface area contributed by atoms with Crippen LogP contribution in [0.15, 0.2) is 36.4 Å². The molecule has 0 aliphatic carbocycles. The predicted octanol–water partition coefficient (Wildman–Crippen LogP) is 1.04. The van der Waals surface area contributed by atoms with E-state index in [0.717, 1.165) is 12.2 Å². The molecule has 0 atom stereocenters. The average molecular weight is 336 g/mol. The van der Waals surface area contributed by atoms with E-state index >= 15 is 0 Å². The molecule has 0 bridgehead atoms. The quantitative estimate of drug-likeness (QED) is 0.315. The summed E-state index contributed by atoms with van der Waals surface area (Å²) in [5, 5.41) is 0. The first kappa shape index (κ1) is 18.9. The van der Waals surface area contributed by atoms with E-state index < -0.39 is 30.5 Å². The fourth-order valence-electron chi connectivity index (χ4n) is 1.44. The molecular formula is C16H16O8. The van der Waals surface area contributed by atoms with Crippen LogP contribution in [0.4, 0.5) is 0 Å². The predicted molar refractivity (Wildman–Crippen MR) is 80.1 cm³/mol. The van der Waals surface area contributed by atoms with Crippen LogP contribution in [-0.4, -0.2) is 44.2 Å². The molecule has 0 unspecified atom stereocenters. The topological polar surface area (TPSA) is 105 Å². The molecule has 0 fully saturated rings. The van der Waals surface area contributed by atoms with Gasteiger partial charge in [-0.1, -0.05) is 0 Å². The van der Waals surface area contributed by atoms with Gasteiger partial charge in [0.1, 0.15) is 5.75 Å². The van der Waals surface area contributed by atoms with Crippen molar-refractivity contribution in [2.45, 2.75) is 6.92 Å². The number of ether oxygens (including phenoxy) is 4. The summed E-state index contributed by atoms with van der Waals surface area (Å²) in [6, 6.07) is 5.63. The maximum atomic E-state index is 11.5. The van der Waals surface area contributed by atoms with Gasteiger partial charge in [-0.2, -0.15) is 0 Å². The summed E-state index contributed by atoms with van der Waals surface area (Å²) in [7, 11) is 1.25. The van der Waals surface area contributed by atoms with Crippen LogP contribution in [0.3, 0.4) is 0 Å². The Morgan fingerprint density at radius 2 is 1.54 bits per heavy atom. The van der Waals surface area contributed by atoms with Gasteiger partial charge in [0, 0.05) is 12.2 Å². The molecule has 24 heavy (non-hydrogen) atoms. The van der Waals surface area contributed by atoms with Crippen molar-refractivity contribution in [1.29, 1.82) is 0 Å². The molecule has 0 radical (unpaired) electrons. The van der Waals surface area contributed by atoms with Gasteiger partial charge in [0.2, 0.25) is 0 Å². The highest BCUT2D eigenvalue weighted by Crippen LogP contribution is 2.13. The van der Waals surface area contributed by atoms with Gasteiger partial charge in [-0.05, 0) is 31.2 Å². The van der Waals surface area contributed by atoms with Crippen LogP contribution >= 0.6 is 0 Å². The second kappa shape index (κ2) is 9.78. The van der Waals surface area contributed by atoms with Crippen molar-refractivity contribution in [2.24, 2.45) is 0 Å². The minimum atomic E-state index is -0.888. The van der Waals surface area contributed by atoms with Gasteiger partial charge in [-0.15, -0.1) is 0 Å². The SMILES string of the molecule is CCOC(=O)C=CC(=O)OCC(=O)Oc1ccc(C(=O)OC)cc1. The van der Waals surface area contributed by atoms with E-state index in [0.29, 0.717) is 5.56 Å². The summed E-state index contributed by atoms with van der Waals surface area (Å²) in [6.07, 6.45) is 1.74. The number of hydrogen-bond acceptors (Lipinski definition) is 8. The van der Waals surface area contributed by atoms with Gasteiger partial charge >= 0.3 is 23.9 Å². The molecule has 0 aromatic heterocycles. The van der Waals surface area contributed by atoms with Crippen LogP contribution < -0.4 is 4.74 Å². The molecule has 0 aliphatic rings. The van der Waals surface area contributed by atoms with Crippen LogP contribution in [0.2, 0.25) is 0 Å².